The number of nitrogens with one attached hydrogen (secondary N) is 1. The van der Waals surface area contributed by atoms with Crippen LogP contribution in [0.1, 0.15) is 18.9 Å². The van der Waals surface area contributed by atoms with Gasteiger partial charge in [-0.1, -0.05) is 24.6 Å². The average molecular weight is 215 g/mol. The van der Waals surface area contributed by atoms with Crippen molar-refractivity contribution >= 4 is 11.6 Å². The van der Waals surface area contributed by atoms with Crippen molar-refractivity contribution in [2.75, 3.05) is 6.54 Å². The second-order valence-corrected chi connectivity index (χ2v) is 3.57. The first-order chi connectivity index (χ1) is 6.72. The molecule has 0 saturated carbocycles. The number of aliphatic hydroxyl groups is 1. The van der Waals surface area contributed by atoms with E-state index in [1.54, 1.807) is 12.3 Å². The summed E-state index contributed by atoms with van der Waals surface area (Å²) in [5.74, 6) is 0. The van der Waals surface area contributed by atoms with Crippen LogP contribution in [0.5, 0.6) is 0 Å². The Labute approximate surface area is 89.1 Å². The Bertz CT molecular complexity index is 263. The van der Waals surface area contributed by atoms with Gasteiger partial charge in [0.05, 0.1) is 6.10 Å². The minimum Gasteiger partial charge on any atom is -0.392 e. The summed E-state index contributed by atoms with van der Waals surface area (Å²) in [7, 11) is 0. The normalized spacial score (nSPS) is 12.8. The first kappa shape index (κ1) is 11.4. The molecule has 0 fully saturated rings. The Hall–Kier alpha value is -0.640. The molecule has 0 amide bonds. The SMILES string of the molecule is CCC(O)CNCc1ccc(Cl)nc1. The summed E-state index contributed by atoms with van der Waals surface area (Å²) in [6, 6.07) is 3.68. The summed E-state index contributed by atoms with van der Waals surface area (Å²) >= 11 is 5.65. The van der Waals surface area contributed by atoms with Crippen molar-refractivity contribution in [2.45, 2.75) is 26.0 Å². The highest BCUT2D eigenvalue weighted by Gasteiger charge is 1.99. The minimum atomic E-state index is -0.268. The van der Waals surface area contributed by atoms with Gasteiger partial charge in [0.2, 0.25) is 0 Å². The van der Waals surface area contributed by atoms with E-state index in [4.69, 9.17) is 11.6 Å². The molecule has 1 heterocycles. The van der Waals surface area contributed by atoms with Crippen molar-refractivity contribution in [3.8, 4) is 0 Å². The van der Waals surface area contributed by atoms with E-state index in [0.29, 0.717) is 18.2 Å². The van der Waals surface area contributed by atoms with E-state index in [0.717, 1.165) is 12.0 Å². The van der Waals surface area contributed by atoms with Crippen LogP contribution in [0.2, 0.25) is 5.15 Å². The number of aliphatic hydroxyl groups excluding tert-OH is 1. The molecule has 1 aromatic heterocycles. The third kappa shape index (κ3) is 4.05. The zero-order chi connectivity index (χ0) is 10.4. The molecule has 2 N–H and O–H groups in total. The molecule has 1 atom stereocenters. The summed E-state index contributed by atoms with van der Waals surface area (Å²) in [5, 5.41) is 12.9. The Morgan fingerprint density at radius 3 is 2.93 bits per heavy atom. The van der Waals surface area contributed by atoms with Crippen molar-refractivity contribution in [3.05, 3.63) is 29.0 Å². The highest BCUT2D eigenvalue weighted by Crippen LogP contribution is 2.04. The standard InChI is InChI=1S/C10H15ClN2O/c1-2-9(14)7-12-5-8-3-4-10(11)13-6-8/h3-4,6,9,12,14H,2,5,7H2,1H3. The molecule has 14 heavy (non-hydrogen) atoms. The smallest absolute Gasteiger partial charge is 0.129 e. The molecule has 1 unspecified atom stereocenters. The molecule has 1 rings (SSSR count). The fourth-order valence-corrected chi connectivity index (χ4v) is 1.15. The predicted molar refractivity (Wildman–Crippen MR) is 57.3 cm³/mol. The van der Waals surface area contributed by atoms with Crippen LogP contribution in [0, 0.1) is 0 Å². The van der Waals surface area contributed by atoms with E-state index in [9.17, 15) is 5.11 Å². The molecule has 0 aliphatic carbocycles. The first-order valence-electron chi connectivity index (χ1n) is 4.71. The molecule has 0 spiro atoms. The summed E-state index contributed by atoms with van der Waals surface area (Å²) < 4.78 is 0. The van der Waals surface area contributed by atoms with Crippen molar-refractivity contribution in [1.82, 2.24) is 10.3 Å². The summed E-state index contributed by atoms with van der Waals surface area (Å²) in [5.41, 5.74) is 1.07. The zero-order valence-electron chi connectivity index (χ0n) is 8.20. The van der Waals surface area contributed by atoms with E-state index in [2.05, 4.69) is 10.3 Å². The van der Waals surface area contributed by atoms with Crippen LogP contribution in [0.25, 0.3) is 0 Å². The molecule has 0 saturated heterocycles. The van der Waals surface area contributed by atoms with Crippen LogP contribution in [0.3, 0.4) is 0 Å². The highest BCUT2D eigenvalue weighted by molar-refractivity contribution is 6.29. The lowest BCUT2D eigenvalue weighted by atomic mass is 10.2. The maximum Gasteiger partial charge on any atom is 0.129 e. The Morgan fingerprint density at radius 2 is 2.36 bits per heavy atom. The Balaban J connectivity index is 2.28. The fourth-order valence-electron chi connectivity index (χ4n) is 1.04. The van der Waals surface area contributed by atoms with Gasteiger partial charge < -0.3 is 10.4 Å². The maximum atomic E-state index is 9.28. The topological polar surface area (TPSA) is 45.1 Å². The first-order valence-corrected chi connectivity index (χ1v) is 5.09. The number of hydrogen-bond donors (Lipinski definition) is 2. The van der Waals surface area contributed by atoms with Crippen molar-refractivity contribution < 1.29 is 5.11 Å². The lowest BCUT2D eigenvalue weighted by molar-refractivity contribution is 0.167. The van der Waals surface area contributed by atoms with Crippen molar-refractivity contribution in [3.63, 3.8) is 0 Å². The quantitative estimate of drug-likeness (QED) is 0.732. The average Bonchev–Trinajstić information content (AvgIpc) is 2.21. The van der Waals surface area contributed by atoms with E-state index in [1.807, 2.05) is 13.0 Å². The fraction of sp³-hybridized carbons (Fsp3) is 0.500. The van der Waals surface area contributed by atoms with Gasteiger partial charge in [0.1, 0.15) is 5.15 Å². The van der Waals surface area contributed by atoms with Gasteiger partial charge >= 0.3 is 0 Å². The number of pyridine rings is 1. The van der Waals surface area contributed by atoms with Crippen LogP contribution in [-0.4, -0.2) is 22.7 Å². The van der Waals surface area contributed by atoms with Gasteiger partial charge in [0, 0.05) is 19.3 Å². The van der Waals surface area contributed by atoms with Gasteiger partial charge in [0.25, 0.3) is 0 Å². The Morgan fingerprint density at radius 1 is 1.57 bits per heavy atom. The van der Waals surface area contributed by atoms with Crippen LogP contribution >= 0.6 is 11.6 Å². The van der Waals surface area contributed by atoms with Gasteiger partial charge in [-0.25, -0.2) is 4.98 Å². The van der Waals surface area contributed by atoms with Gasteiger partial charge in [0.15, 0.2) is 0 Å². The molecule has 0 aliphatic heterocycles. The third-order valence-electron chi connectivity index (χ3n) is 1.97. The number of nitrogens with zero attached hydrogens (tertiary/aromatic N) is 1. The lowest BCUT2D eigenvalue weighted by Crippen LogP contribution is -2.25. The monoisotopic (exact) mass is 214 g/mol. The number of hydrogen-bond acceptors (Lipinski definition) is 3. The van der Waals surface area contributed by atoms with Crippen molar-refractivity contribution in [2.24, 2.45) is 0 Å². The molecule has 0 bridgehead atoms. The van der Waals surface area contributed by atoms with E-state index >= 15 is 0 Å². The molecule has 4 heteroatoms. The van der Waals surface area contributed by atoms with Gasteiger partial charge in [-0.05, 0) is 18.1 Å². The van der Waals surface area contributed by atoms with Gasteiger partial charge in [-0.2, -0.15) is 0 Å². The Kier molecular flexibility index (Phi) is 4.87. The highest BCUT2D eigenvalue weighted by atomic mass is 35.5. The van der Waals surface area contributed by atoms with Crippen molar-refractivity contribution in [1.29, 1.82) is 0 Å². The molecule has 0 aliphatic rings. The van der Waals surface area contributed by atoms with Crippen LogP contribution in [0.15, 0.2) is 18.3 Å². The molecular formula is C10H15ClN2O. The molecule has 3 nitrogen and oxygen atoms in total. The summed E-state index contributed by atoms with van der Waals surface area (Å²) in [6.45, 7) is 3.27. The third-order valence-corrected chi connectivity index (χ3v) is 2.19. The summed E-state index contributed by atoms with van der Waals surface area (Å²) in [6.07, 6.45) is 2.23. The van der Waals surface area contributed by atoms with Crippen LogP contribution in [0.4, 0.5) is 0 Å². The second kappa shape index (κ2) is 5.96. The minimum absolute atomic E-state index is 0.268. The molecular weight excluding hydrogens is 200 g/mol. The molecule has 0 aromatic carbocycles. The van der Waals surface area contributed by atoms with Crippen LogP contribution in [-0.2, 0) is 6.54 Å². The van der Waals surface area contributed by atoms with Gasteiger partial charge in [-0.15, -0.1) is 0 Å². The zero-order valence-corrected chi connectivity index (χ0v) is 8.96. The number of rotatable bonds is 5. The number of aromatic nitrogens is 1. The van der Waals surface area contributed by atoms with Gasteiger partial charge in [-0.3, -0.25) is 0 Å². The van der Waals surface area contributed by atoms with Crippen LogP contribution < -0.4 is 5.32 Å². The maximum absolute atomic E-state index is 9.28. The van der Waals surface area contributed by atoms with E-state index in [1.165, 1.54) is 0 Å². The lowest BCUT2D eigenvalue weighted by Gasteiger charge is -2.08. The molecule has 78 valence electrons. The molecule has 1 aromatic rings. The predicted octanol–water partition coefficient (Wildman–Crippen LogP) is 1.60. The van der Waals surface area contributed by atoms with E-state index in [-0.39, 0.29) is 6.10 Å². The summed E-state index contributed by atoms with van der Waals surface area (Å²) in [4.78, 5) is 3.96. The van der Waals surface area contributed by atoms with E-state index < -0.39 is 0 Å². The number of halogens is 1. The largest absolute Gasteiger partial charge is 0.392 e. The molecule has 0 radical (unpaired) electrons. The second-order valence-electron chi connectivity index (χ2n) is 3.18.